The third-order valence-corrected chi connectivity index (χ3v) is 2.63. The zero-order chi connectivity index (χ0) is 11.3. The van der Waals surface area contributed by atoms with Gasteiger partial charge in [-0.2, -0.15) is 0 Å². The van der Waals surface area contributed by atoms with E-state index in [4.69, 9.17) is 4.74 Å². The van der Waals surface area contributed by atoms with Crippen molar-refractivity contribution in [2.24, 2.45) is 0 Å². The minimum absolute atomic E-state index is 0. The van der Waals surface area contributed by atoms with Crippen LogP contribution >= 0.6 is 0 Å². The lowest BCUT2D eigenvalue weighted by Crippen LogP contribution is -3.00. The standard InChI is InChI=1S/C13H20NO.ClH/c1-5-11-14(3,4)12(2)15-13-9-7-6-8-10-13;/h5-10,12H,1,11H2,2-4H3;1H/q+1;/p-1. The predicted molar refractivity (Wildman–Crippen MR) is 63.7 cm³/mol. The highest BCUT2D eigenvalue weighted by Crippen LogP contribution is 2.15. The first-order chi connectivity index (χ1) is 7.06. The first-order valence-corrected chi connectivity index (χ1v) is 5.21. The molecule has 16 heavy (non-hydrogen) atoms. The zero-order valence-electron chi connectivity index (χ0n) is 10.2. The van der Waals surface area contributed by atoms with Crippen molar-refractivity contribution in [3.05, 3.63) is 43.0 Å². The molecule has 1 unspecified atom stereocenters. The summed E-state index contributed by atoms with van der Waals surface area (Å²) in [6.07, 6.45) is 2.04. The van der Waals surface area contributed by atoms with Crippen LogP contribution in [0.5, 0.6) is 5.75 Å². The molecule has 1 rings (SSSR count). The minimum Gasteiger partial charge on any atom is -1.00 e. The second-order valence-electron chi connectivity index (χ2n) is 4.28. The molecule has 0 spiro atoms. The molecule has 0 saturated carbocycles. The molecule has 0 radical (unpaired) electrons. The van der Waals surface area contributed by atoms with E-state index >= 15 is 0 Å². The molecule has 1 aromatic carbocycles. The maximum absolute atomic E-state index is 5.86. The second-order valence-corrected chi connectivity index (χ2v) is 4.28. The topological polar surface area (TPSA) is 9.23 Å². The van der Waals surface area contributed by atoms with Crippen molar-refractivity contribution >= 4 is 0 Å². The molecule has 0 saturated heterocycles. The minimum atomic E-state index is 0. The Hall–Kier alpha value is -0.990. The number of benzene rings is 1. The summed E-state index contributed by atoms with van der Waals surface area (Å²) in [6, 6.07) is 9.90. The van der Waals surface area contributed by atoms with Crippen LogP contribution in [0.15, 0.2) is 43.0 Å². The first-order valence-electron chi connectivity index (χ1n) is 5.21. The van der Waals surface area contributed by atoms with Gasteiger partial charge in [-0.1, -0.05) is 24.8 Å². The quantitative estimate of drug-likeness (QED) is 0.390. The summed E-state index contributed by atoms with van der Waals surface area (Å²) < 4.78 is 6.63. The van der Waals surface area contributed by atoms with Crippen molar-refractivity contribution in [2.75, 3.05) is 20.6 Å². The highest BCUT2D eigenvalue weighted by Gasteiger charge is 2.23. The molecule has 0 fully saturated rings. The van der Waals surface area contributed by atoms with Crippen LogP contribution in [0.1, 0.15) is 6.92 Å². The summed E-state index contributed by atoms with van der Waals surface area (Å²) >= 11 is 0. The van der Waals surface area contributed by atoms with Gasteiger partial charge in [-0.15, -0.1) is 0 Å². The van der Waals surface area contributed by atoms with E-state index in [9.17, 15) is 0 Å². The van der Waals surface area contributed by atoms with Crippen LogP contribution < -0.4 is 17.1 Å². The zero-order valence-corrected chi connectivity index (χ0v) is 10.9. The van der Waals surface area contributed by atoms with Crippen LogP contribution in [0, 0.1) is 0 Å². The van der Waals surface area contributed by atoms with E-state index in [-0.39, 0.29) is 18.6 Å². The van der Waals surface area contributed by atoms with Gasteiger partial charge in [0, 0.05) is 6.92 Å². The number of quaternary nitrogens is 1. The molecule has 3 heteroatoms. The Morgan fingerprint density at radius 3 is 2.38 bits per heavy atom. The molecule has 2 nitrogen and oxygen atoms in total. The summed E-state index contributed by atoms with van der Waals surface area (Å²) in [4.78, 5) is 0. The smallest absolute Gasteiger partial charge is 0.230 e. The van der Waals surface area contributed by atoms with Gasteiger partial charge >= 0.3 is 0 Å². The van der Waals surface area contributed by atoms with Crippen molar-refractivity contribution in [3.8, 4) is 5.75 Å². The second kappa shape index (κ2) is 6.56. The lowest BCUT2D eigenvalue weighted by atomic mass is 10.3. The average Bonchev–Trinajstić information content (AvgIpc) is 2.19. The molecule has 0 bridgehead atoms. The van der Waals surface area contributed by atoms with Crippen molar-refractivity contribution in [3.63, 3.8) is 0 Å². The summed E-state index contributed by atoms with van der Waals surface area (Å²) in [5.74, 6) is 0.917. The Labute approximate surface area is 105 Å². The van der Waals surface area contributed by atoms with Crippen molar-refractivity contribution in [2.45, 2.75) is 13.2 Å². The Morgan fingerprint density at radius 2 is 1.88 bits per heavy atom. The van der Waals surface area contributed by atoms with Gasteiger partial charge in [-0.3, -0.25) is 4.48 Å². The summed E-state index contributed by atoms with van der Waals surface area (Å²) in [5, 5.41) is 0. The maximum atomic E-state index is 5.86. The summed E-state index contributed by atoms with van der Waals surface area (Å²) in [7, 11) is 4.27. The fraction of sp³-hybridized carbons (Fsp3) is 0.385. The Kier molecular flexibility index (Phi) is 6.16. The molecule has 90 valence electrons. The van der Waals surface area contributed by atoms with E-state index in [0.717, 1.165) is 16.8 Å². The maximum Gasteiger partial charge on any atom is 0.230 e. The van der Waals surface area contributed by atoms with E-state index in [1.165, 1.54) is 0 Å². The fourth-order valence-electron chi connectivity index (χ4n) is 1.32. The number of rotatable bonds is 5. The SMILES string of the molecule is C=CC[N+](C)(C)C(C)Oc1ccccc1.[Cl-]. The van der Waals surface area contributed by atoms with Crippen LogP contribution in [0.3, 0.4) is 0 Å². The van der Waals surface area contributed by atoms with E-state index in [2.05, 4.69) is 27.6 Å². The molecule has 0 N–H and O–H groups in total. The van der Waals surface area contributed by atoms with E-state index in [1.54, 1.807) is 0 Å². The number of hydrogen-bond acceptors (Lipinski definition) is 1. The Balaban J connectivity index is 0.00000225. The number of ether oxygens (including phenoxy) is 1. The van der Waals surface area contributed by atoms with Gasteiger partial charge in [-0.25, -0.2) is 0 Å². The molecule has 0 heterocycles. The summed E-state index contributed by atoms with van der Waals surface area (Å²) in [6.45, 7) is 6.74. The molecule has 0 amide bonds. The van der Waals surface area contributed by atoms with E-state index < -0.39 is 0 Å². The number of halogens is 1. The van der Waals surface area contributed by atoms with Gasteiger partial charge in [0.25, 0.3) is 0 Å². The van der Waals surface area contributed by atoms with E-state index in [0.29, 0.717) is 0 Å². The van der Waals surface area contributed by atoms with Crippen LogP contribution in [0.2, 0.25) is 0 Å². The molecule has 0 aliphatic carbocycles. The molecular weight excluding hydrogens is 222 g/mol. The molecule has 0 aliphatic rings. The number of nitrogens with zero attached hydrogens (tertiary/aromatic N) is 1. The monoisotopic (exact) mass is 241 g/mol. The van der Waals surface area contributed by atoms with Crippen molar-refractivity contribution < 1.29 is 21.6 Å². The first kappa shape index (κ1) is 15.0. The van der Waals surface area contributed by atoms with Crippen molar-refractivity contribution in [1.29, 1.82) is 0 Å². The average molecular weight is 242 g/mol. The molecule has 1 aromatic rings. The largest absolute Gasteiger partial charge is 1.00 e. The highest BCUT2D eigenvalue weighted by molar-refractivity contribution is 5.20. The third-order valence-electron chi connectivity index (χ3n) is 2.63. The summed E-state index contributed by atoms with van der Waals surface area (Å²) in [5.41, 5.74) is 0. The van der Waals surface area contributed by atoms with Gasteiger partial charge < -0.3 is 17.1 Å². The van der Waals surface area contributed by atoms with Gasteiger partial charge in [0.05, 0.1) is 20.6 Å². The third kappa shape index (κ3) is 4.25. The molecular formula is C13H20ClNO. The fourth-order valence-corrected chi connectivity index (χ4v) is 1.32. The highest BCUT2D eigenvalue weighted by atomic mass is 35.5. The lowest BCUT2D eigenvalue weighted by molar-refractivity contribution is -0.925. The van der Waals surface area contributed by atoms with Crippen LogP contribution in [-0.4, -0.2) is 31.4 Å². The Bertz CT molecular complexity index is 311. The predicted octanol–water partition coefficient (Wildman–Crippen LogP) is -0.322. The van der Waals surface area contributed by atoms with Crippen LogP contribution in [0.25, 0.3) is 0 Å². The lowest BCUT2D eigenvalue weighted by Gasteiger charge is -2.34. The van der Waals surface area contributed by atoms with Gasteiger partial charge in [0.15, 0.2) is 0 Å². The Morgan fingerprint density at radius 1 is 1.31 bits per heavy atom. The molecule has 1 atom stereocenters. The van der Waals surface area contributed by atoms with Crippen LogP contribution in [0.4, 0.5) is 0 Å². The number of para-hydroxylation sites is 1. The van der Waals surface area contributed by atoms with Crippen LogP contribution in [-0.2, 0) is 0 Å². The molecule has 0 aliphatic heterocycles. The van der Waals surface area contributed by atoms with Gasteiger partial charge in [-0.05, 0) is 18.2 Å². The number of hydrogen-bond donors (Lipinski definition) is 0. The van der Waals surface area contributed by atoms with Crippen molar-refractivity contribution in [1.82, 2.24) is 0 Å². The number of likely N-dealkylation sites (N-methyl/N-ethyl adjacent to an activating group) is 1. The van der Waals surface area contributed by atoms with Gasteiger partial charge in [0.1, 0.15) is 5.75 Å². The molecule has 0 aromatic heterocycles. The van der Waals surface area contributed by atoms with Gasteiger partial charge in [0.2, 0.25) is 6.23 Å². The normalized spacial score (nSPS) is 12.4. The van der Waals surface area contributed by atoms with E-state index in [1.807, 2.05) is 36.4 Å².